The lowest BCUT2D eigenvalue weighted by Crippen LogP contribution is -2.30. The van der Waals surface area contributed by atoms with Crippen molar-refractivity contribution in [1.29, 1.82) is 0 Å². The van der Waals surface area contributed by atoms with Gasteiger partial charge in [-0.05, 0) is 43.3 Å². The third-order valence-corrected chi connectivity index (χ3v) is 3.70. The van der Waals surface area contributed by atoms with E-state index in [1.165, 1.54) is 12.1 Å². The van der Waals surface area contributed by atoms with Crippen LogP contribution in [0.5, 0.6) is 5.75 Å². The fourth-order valence-corrected chi connectivity index (χ4v) is 2.42. The van der Waals surface area contributed by atoms with Crippen molar-refractivity contribution in [2.75, 3.05) is 5.32 Å². The highest BCUT2D eigenvalue weighted by Crippen LogP contribution is 2.24. The predicted octanol–water partition coefficient (Wildman–Crippen LogP) is 3.61. The lowest BCUT2D eigenvalue weighted by Gasteiger charge is -2.16. The van der Waals surface area contributed by atoms with Crippen LogP contribution >= 0.6 is 27.5 Å². The van der Waals surface area contributed by atoms with Gasteiger partial charge in [-0.3, -0.25) is 9.59 Å². The summed E-state index contributed by atoms with van der Waals surface area (Å²) in [5, 5.41) is 3.09. The molecule has 0 saturated heterocycles. The minimum Gasteiger partial charge on any atom is -0.480 e. The molecule has 1 unspecified atom stereocenters. The summed E-state index contributed by atoms with van der Waals surface area (Å²) in [6, 6.07) is 11.6. The van der Waals surface area contributed by atoms with E-state index in [-0.39, 0.29) is 17.2 Å². The first-order valence-electron chi connectivity index (χ1n) is 6.69. The Morgan fingerprint density at radius 2 is 2.00 bits per heavy atom. The van der Waals surface area contributed by atoms with Gasteiger partial charge in [0, 0.05) is 15.2 Å². The topological polar surface area (TPSA) is 81.4 Å². The van der Waals surface area contributed by atoms with Gasteiger partial charge in [-0.1, -0.05) is 33.6 Å². The fourth-order valence-electron chi connectivity index (χ4n) is 1.85. The van der Waals surface area contributed by atoms with Gasteiger partial charge in [-0.2, -0.15) is 0 Å². The Bertz CT molecular complexity index is 752. The van der Waals surface area contributed by atoms with Crippen molar-refractivity contribution in [3.63, 3.8) is 0 Å². The highest BCUT2D eigenvalue weighted by atomic mass is 79.9. The molecule has 0 spiro atoms. The zero-order valence-electron chi connectivity index (χ0n) is 12.2. The van der Waals surface area contributed by atoms with Crippen molar-refractivity contribution in [2.45, 2.75) is 13.0 Å². The summed E-state index contributed by atoms with van der Waals surface area (Å²) in [6.45, 7) is 1.58. The second-order valence-electron chi connectivity index (χ2n) is 4.76. The van der Waals surface area contributed by atoms with E-state index in [4.69, 9.17) is 22.1 Å². The van der Waals surface area contributed by atoms with Crippen LogP contribution in [-0.4, -0.2) is 17.9 Å². The highest BCUT2D eigenvalue weighted by molar-refractivity contribution is 9.10. The number of rotatable bonds is 5. The molecule has 2 amide bonds. The summed E-state index contributed by atoms with van der Waals surface area (Å²) in [5.41, 5.74) is 6.05. The second kappa shape index (κ2) is 7.48. The molecule has 120 valence electrons. The van der Waals surface area contributed by atoms with Gasteiger partial charge >= 0.3 is 0 Å². The fraction of sp³-hybridized carbons (Fsp3) is 0.125. The minimum atomic E-state index is -0.826. The van der Waals surface area contributed by atoms with Crippen LogP contribution in [0.4, 0.5) is 5.69 Å². The van der Waals surface area contributed by atoms with Crippen LogP contribution in [0.1, 0.15) is 17.3 Å². The number of nitrogens with one attached hydrogen (secondary N) is 1. The SMILES string of the molecule is CC(Oc1ccc(Cl)cc1C(N)=O)C(=O)Nc1cccc(Br)c1. The number of halogens is 2. The second-order valence-corrected chi connectivity index (χ2v) is 6.12. The molecule has 0 fully saturated rings. The third kappa shape index (κ3) is 4.71. The van der Waals surface area contributed by atoms with Crippen LogP contribution < -0.4 is 15.8 Å². The molecule has 0 heterocycles. The summed E-state index contributed by atoms with van der Waals surface area (Å²) in [7, 11) is 0. The van der Waals surface area contributed by atoms with Gasteiger partial charge in [-0.25, -0.2) is 0 Å². The first-order chi connectivity index (χ1) is 10.9. The van der Waals surface area contributed by atoms with E-state index in [1.54, 1.807) is 31.2 Å². The maximum atomic E-state index is 12.2. The number of anilines is 1. The number of hydrogen-bond acceptors (Lipinski definition) is 3. The van der Waals surface area contributed by atoms with E-state index in [2.05, 4.69) is 21.2 Å². The molecule has 0 aliphatic rings. The van der Waals surface area contributed by atoms with Crippen molar-refractivity contribution in [3.8, 4) is 5.75 Å². The zero-order valence-corrected chi connectivity index (χ0v) is 14.5. The number of hydrogen-bond donors (Lipinski definition) is 2. The Morgan fingerprint density at radius 3 is 2.65 bits per heavy atom. The van der Waals surface area contributed by atoms with E-state index in [1.807, 2.05) is 6.07 Å². The molecule has 2 aromatic rings. The summed E-state index contributed by atoms with van der Waals surface area (Å²) < 4.78 is 6.39. The minimum absolute atomic E-state index is 0.125. The van der Waals surface area contributed by atoms with Gasteiger partial charge in [0.2, 0.25) is 0 Å². The predicted molar refractivity (Wildman–Crippen MR) is 92.8 cm³/mol. The Morgan fingerprint density at radius 1 is 1.26 bits per heavy atom. The van der Waals surface area contributed by atoms with Crippen LogP contribution in [0, 0.1) is 0 Å². The van der Waals surface area contributed by atoms with Crippen molar-refractivity contribution >= 4 is 45.0 Å². The lowest BCUT2D eigenvalue weighted by molar-refractivity contribution is -0.122. The first-order valence-corrected chi connectivity index (χ1v) is 7.86. The molecule has 3 N–H and O–H groups in total. The molecule has 23 heavy (non-hydrogen) atoms. The number of nitrogens with two attached hydrogens (primary N) is 1. The standard InChI is InChI=1S/C16H14BrClN2O3/c1-9(16(22)20-12-4-2-3-10(17)7-12)23-14-6-5-11(18)8-13(14)15(19)21/h2-9H,1H3,(H2,19,21)(H,20,22). The van der Waals surface area contributed by atoms with Gasteiger partial charge in [-0.15, -0.1) is 0 Å². The van der Waals surface area contributed by atoms with Crippen molar-refractivity contribution < 1.29 is 14.3 Å². The van der Waals surface area contributed by atoms with Gasteiger partial charge in [0.25, 0.3) is 11.8 Å². The van der Waals surface area contributed by atoms with E-state index >= 15 is 0 Å². The molecular formula is C16H14BrClN2O3. The molecule has 0 aliphatic carbocycles. The average molecular weight is 398 g/mol. The van der Waals surface area contributed by atoms with Crippen LogP contribution in [0.3, 0.4) is 0 Å². The number of benzene rings is 2. The first kappa shape index (κ1) is 17.3. The van der Waals surface area contributed by atoms with Gasteiger partial charge in [0.1, 0.15) is 5.75 Å². The number of ether oxygens (including phenoxy) is 1. The summed E-state index contributed by atoms with van der Waals surface area (Å²) >= 11 is 9.16. The number of carbonyl (C=O) groups is 2. The summed E-state index contributed by atoms with van der Waals surface area (Å²) in [6.07, 6.45) is -0.826. The zero-order chi connectivity index (χ0) is 17.0. The molecule has 5 nitrogen and oxygen atoms in total. The van der Waals surface area contributed by atoms with Gasteiger partial charge in [0.05, 0.1) is 5.56 Å². The highest BCUT2D eigenvalue weighted by Gasteiger charge is 2.18. The van der Waals surface area contributed by atoms with Gasteiger partial charge < -0.3 is 15.8 Å². The van der Waals surface area contributed by atoms with Crippen LogP contribution in [0.15, 0.2) is 46.9 Å². The van der Waals surface area contributed by atoms with E-state index in [0.717, 1.165) is 4.47 Å². The molecule has 0 radical (unpaired) electrons. The molecule has 2 rings (SSSR count). The van der Waals surface area contributed by atoms with Crippen molar-refractivity contribution in [3.05, 3.63) is 57.5 Å². The van der Waals surface area contributed by atoms with E-state index in [0.29, 0.717) is 10.7 Å². The molecule has 1 atom stereocenters. The molecule has 0 aliphatic heterocycles. The average Bonchev–Trinajstić information content (AvgIpc) is 2.48. The molecule has 2 aromatic carbocycles. The van der Waals surface area contributed by atoms with Crippen molar-refractivity contribution in [2.24, 2.45) is 5.73 Å². The maximum Gasteiger partial charge on any atom is 0.265 e. The van der Waals surface area contributed by atoms with Crippen LogP contribution in [0.2, 0.25) is 5.02 Å². The molecule has 0 bridgehead atoms. The Kier molecular flexibility index (Phi) is 5.63. The quantitative estimate of drug-likeness (QED) is 0.808. The normalized spacial score (nSPS) is 11.6. The van der Waals surface area contributed by atoms with Crippen LogP contribution in [-0.2, 0) is 4.79 Å². The number of primary amides is 1. The Balaban J connectivity index is 2.11. The lowest BCUT2D eigenvalue weighted by atomic mass is 10.2. The number of carbonyl (C=O) groups excluding carboxylic acids is 2. The van der Waals surface area contributed by atoms with Crippen LogP contribution in [0.25, 0.3) is 0 Å². The molecule has 0 aromatic heterocycles. The largest absolute Gasteiger partial charge is 0.480 e. The Hall–Kier alpha value is -2.05. The molecule has 0 saturated carbocycles. The molecular weight excluding hydrogens is 384 g/mol. The Labute approximate surface area is 146 Å². The van der Waals surface area contributed by atoms with Gasteiger partial charge in [0.15, 0.2) is 6.10 Å². The summed E-state index contributed by atoms with van der Waals surface area (Å²) in [4.78, 5) is 23.6. The molecule has 7 heteroatoms. The smallest absolute Gasteiger partial charge is 0.265 e. The van der Waals surface area contributed by atoms with E-state index < -0.39 is 12.0 Å². The number of amides is 2. The third-order valence-electron chi connectivity index (χ3n) is 2.97. The van der Waals surface area contributed by atoms with E-state index in [9.17, 15) is 9.59 Å². The maximum absolute atomic E-state index is 12.2. The monoisotopic (exact) mass is 396 g/mol. The summed E-state index contributed by atoms with van der Waals surface area (Å²) in [5.74, 6) is -0.825. The van der Waals surface area contributed by atoms with Crippen molar-refractivity contribution in [1.82, 2.24) is 0 Å².